The fourth-order valence-corrected chi connectivity index (χ4v) is 3.54. The van der Waals surface area contributed by atoms with Gasteiger partial charge in [0.2, 0.25) is 11.8 Å². The van der Waals surface area contributed by atoms with Crippen LogP contribution in [0.25, 0.3) is 5.70 Å². The summed E-state index contributed by atoms with van der Waals surface area (Å²) >= 11 is 0. The van der Waals surface area contributed by atoms with Crippen molar-refractivity contribution in [3.05, 3.63) is 47.8 Å². The topological polar surface area (TPSA) is 160 Å². The third-order valence-electron chi connectivity index (χ3n) is 5.55. The molecule has 1 aromatic carbocycles. The molecule has 0 spiro atoms. The smallest absolute Gasteiger partial charge is 0.249 e. The number of imide groups is 1. The summed E-state index contributed by atoms with van der Waals surface area (Å²) in [4.78, 5) is 48.2. The van der Waals surface area contributed by atoms with Crippen molar-refractivity contribution in [3.8, 4) is 0 Å². The lowest BCUT2D eigenvalue weighted by Crippen LogP contribution is -2.50. The number of nitrogens with two attached hydrogens (primary N) is 2. The number of nitrogens with zero attached hydrogens (tertiary/aromatic N) is 2. The third kappa shape index (κ3) is 8.23. The molecule has 0 radical (unpaired) electrons. The number of Topliss-reactive ketones (excluding diaryl/α,β-unsaturated/α-hetero) is 1. The van der Waals surface area contributed by atoms with Gasteiger partial charge < -0.3 is 25.7 Å². The number of ether oxygens (including phenoxy) is 1. The van der Waals surface area contributed by atoms with E-state index >= 15 is 0 Å². The number of benzene rings is 1. The number of aldehydes is 1. The molecule has 2 amide bonds. The van der Waals surface area contributed by atoms with Gasteiger partial charge in [0.15, 0.2) is 6.29 Å². The summed E-state index contributed by atoms with van der Waals surface area (Å²) in [5.74, 6) is 5.28. The van der Waals surface area contributed by atoms with Crippen molar-refractivity contribution in [2.24, 2.45) is 11.6 Å². The molecule has 11 heteroatoms. The van der Waals surface area contributed by atoms with Gasteiger partial charge in [0.1, 0.15) is 11.8 Å². The zero-order valence-electron chi connectivity index (χ0n) is 20.2. The molecule has 0 aliphatic carbocycles. The Hall–Kier alpha value is -3.70. The number of piperidine rings is 1. The van der Waals surface area contributed by atoms with Crippen molar-refractivity contribution in [1.29, 1.82) is 0 Å². The molecule has 11 nitrogen and oxygen atoms in total. The Labute approximate surface area is 205 Å². The van der Waals surface area contributed by atoms with Crippen LogP contribution in [-0.2, 0) is 19.1 Å². The van der Waals surface area contributed by atoms with Crippen LogP contribution >= 0.6 is 0 Å². The van der Waals surface area contributed by atoms with Crippen molar-refractivity contribution in [1.82, 2.24) is 15.2 Å². The second-order valence-corrected chi connectivity index (χ2v) is 8.27. The molecule has 1 unspecified atom stereocenters. The Morgan fingerprint density at radius 3 is 2.74 bits per heavy atom. The van der Waals surface area contributed by atoms with Gasteiger partial charge in [-0.25, -0.2) is 5.84 Å². The van der Waals surface area contributed by atoms with E-state index in [1.807, 2.05) is 0 Å². The lowest BCUT2D eigenvalue weighted by atomic mass is 9.99. The number of amides is 2. The first-order chi connectivity index (χ1) is 16.6. The summed E-state index contributed by atoms with van der Waals surface area (Å²) in [5, 5.41) is 6.84. The van der Waals surface area contributed by atoms with Gasteiger partial charge in [-0.05, 0) is 19.4 Å². The maximum atomic E-state index is 12.2. The van der Waals surface area contributed by atoms with Crippen molar-refractivity contribution >= 4 is 35.3 Å². The first kappa shape index (κ1) is 27.5. The quantitative estimate of drug-likeness (QED) is 0.0963. The molecule has 2 rings (SSSR count). The number of nitrogens with one attached hydrogen (secondary N) is 2. The van der Waals surface area contributed by atoms with E-state index in [1.54, 1.807) is 36.3 Å². The van der Waals surface area contributed by atoms with Crippen LogP contribution in [0.3, 0.4) is 0 Å². The van der Waals surface area contributed by atoms with Gasteiger partial charge in [0.25, 0.3) is 0 Å². The van der Waals surface area contributed by atoms with Gasteiger partial charge in [-0.2, -0.15) is 0 Å². The predicted octanol–water partition coefficient (Wildman–Crippen LogP) is 0.590. The highest BCUT2D eigenvalue weighted by Gasteiger charge is 2.31. The lowest BCUT2D eigenvalue weighted by Gasteiger charge is -2.33. The zero-order chi connectivity index (χ0) is 26.0. The SMILES string of the molecule is C=C(c1cccc(NC/C(N)=C/N(N)CCOCCC(C)=O)c1C=O)N(C)C1CCC(=O)NC1=O. The summed E-state index contributed by atoms with van der Waals surface area (Å²) in [6.07, 6.45) is 3.24. The monoisotopic (exact) mass is 486 g/mol. The number of anilines is 1. The van der Waals surface area contributed by atoms with Gasteiger partial charge in [-0.3, -0.25) is 24.5 Å². The highest BCUT2D eigenvalue weighted by atomic mass is 16.5. The number of hydrazine groups is 1. The molecule has 190 valence electrons. The number of hydrogen-bond donors (Lipinski definition) is 4. The molecule has 0 bridgehead atoms. The fraction of sp³-hybridized carbons (Fsp3) is 0.417. The van der Waals surface area contributed by atoms with E-state index < -0.39 is 6.04 Å². The Balaban J connectivity index is 2.00. The normalized spacial score (nSPS) is 15.9. The molecule has 0 aromatic heterocycles. The van der Waals surface area contributed by atoms with Gasteiger partial charge in [0, 0.05) is 54.3 Å². The van der Waals surface area contributed by atoms with E-state index in [1.165, 1.54) is 11.9 Å². The van der Waals surface area contributed by atoms with E-state index in [0.29, 0.717) is 67.1 Å². The van der Waals surface area contributed by atoms with Crippen LogP contribution in [0.15, 0.2) is 36.7 Å². The van der Waals surface area contributed by atoms with Gasteiger partial charge >= 0.3 is 0 Å². The Kier molecular flexibility index (Phi) is 10.4. The maximum Gasteiger partial charge on any atom is 0.249 e. The molecule has 1 heterocycles. The molecular formula is C24H34N6O5. The third-order valence-corrected chi connectivity index (χ3v) is 5.55. The van der Waals surface area contributed by atoms with Crippen LogP contribution in [0.2, 0.25) is 0 Å². The molecule has 6 N–H and O–H groups in total. The average molecular weight is 487 g/mol. The molecule has 1 aliphatic heterocycles. The van der Waals surface area contributed by atoms with Crippen molar-refractivity contribution < 1.29 is 23.9 Å². The lowest BCUT2D eigenvalue weighted by molar-refractivity contribution is -0.136. The van der Waals surface area contributed by atoms with Crippen molar-refractivity contribution in [2.45, 2.75) is 32.2 Å². The molecule has 1 saturated heterocycles. The second-order valence-electron chi connectivity index (χ2n) is 8.27. The molecule has 1 aromatic rings. The first-order valence-electron chi connectivity index (χ1n) is 11.3. The largest absolute Gasteiger partial charge is 0.399 e. The zero-order valence-corrected chi connectivity index (χ0v) is 20.2. The minimum Gasteiger partial charge on any atom is -0.399 e. The summed E-state index contributed by atoms with van der Waals surface area (Å²) < 4.78 is 5.35. The highest BCUT2D eigenvalue weighted by Crippen LogP contribution is 2.28. The van der Waals surface area contributed by atoms with E-state index in [0.717, 1.165) is 0 Å². The van der Waals surface area contributed by atoms with E-state index in [2.05, 4.69) is 17.2 Å². The van der Waals surface area contributed by atoms with E-state index in [4.69, 9.17) is 16.3 Å². The van der Waals surface area contributed by atoms with Crippen LogP contribution in [0.5, 0.6) is 0 Å². The minimum absolute atomic E-state index is 0.0646. The number of carbonyl (C=O) groups is 4. The van der Waals surface area contributed by atoms with Crippen molar-refractivity contribution in [2.75, 3.05) is 38.7 Å². The van der Waals surface area contributed by atoms with Crippen molar-refractivity contribution in [3.63, 3.8) is 0 Å². The Bertz CT molecular complexity index is 993. The number of hydrogen-bond acceptors (Lipinski definition) is 10. The molecule has 1 atom stereocenters. The molecular weight excluding hydrogens is 452 g/mol. The maximum absolute atomic E-state index is 12.2. The van der Waals surface area contributed by atoms with Crippen LogP contribution in [0.1, 0.15) is 42.1 Å². The standard InChI is InChI=1S/C24H34N6O5/c1-16(32)9-11-35-12-10-30(26)14-18(25)13-27-21-6-4-5-19(20(21)15-31)17(2)29(3)22-7-8-23(33)28-24(22)34/h4-6,14-15,22,27H,2,7-13,25-26H2,1,3H3,(H,28,33,34)/b18-14-. The highest BCUT2D eigenvalue weighted by molar-refractivity contribution is 6.01. The van der Waals surface area contributed by atoms with Gasteiger partial charge in [-0.1, -0.05) is 18.7 Å². The fourth-order valence-electron chi connectivity index (χ4n) is 3.54. The van der Waals surface area contributed by atoms with Crippen LogP contribution < -0.4 is 22.2 Å². The molecule has 35 heavy (non-hydrogen) atoms. The van der Waals surface area contributed by atoms with Crippen LogP contribution in [0, 0.1) is 0 Å². The van der Waals surface area contributed by atoms with Gasteiger partial charge in [0.05, 0.1) is 26.3 Å². The summed E-state index contributed by atoms with van der Waals surface area (Å²) in [7, 11) is 1.71. The summed E-state index contributed by atoms with van der Waals surface area (Å²) in [6, 6.07) is 4.69. The van der Waals surface area contributed by atoms with E-state index in [-0.39, 0.29) is 30.6 Å². The van der Waals surface area contributed by atoms with Gasteiger partial charge in [-0.15, -0.1) is 0 Å². The Morgan fingerprint density at radius 1 is 1.34 bits per heavy atom. The molecule has 0 saturated carbocycles. The number of likely N-dealkylation sites (N-methyl/N-ethyl adjacent to an activating group) is 1. The Morgan fingerprint density at radius 2 is 2.09 bits per heavy atom. The summed E-state index contributed by atoms with van der Waals surface area (Å²) in [6.45, 7) is 6.89. The number of ketones is 1. The van der Waals surface area contributed by atoms with E-state index in [9.17, 15) is 19.2 Å². The predicted molar refractivity (Wildman–Crippen MR) is 133 cm³/mol. The number of carbonyl (C=O) groups excluding carboxylic acids is 4. The van der Waals surface area contributed by atoms with Crippen LogP contribution in [-0.4, -0.2) is 73.2 Å². The second kappa shape index (κ2) is 13.3. The average Bonchev–Trinajstić information content (AvgIpc) is 2.81. The molecule has 1 aliphatic rings. The number of rotatable bonds is 14. The summed E-state index contributed by atoms with van der Waals surface area (Å²) in [5.41, 5.74) is 8.44. The molecule has 1 fully saturated rings. The first-order valence-corrected chi connectivity index (χ1v) is 11.3. The minimum atomic E-state index is -0.558. The van der Waals surface area contributed by atoms with Crippen LogP contribution in [0.4, 0.5) is 5.69 Å².